The molecular formula is C30H29NO7. The fourth-order valence-electron chi connectivity index (χ4n) is 5.34. The second-order valence-electron chi connectivity index (χ2n) is 9.31. The quantitative estimate of drug-likeness (QED) is 0.234. The number of ether oxygens (including phenoxy) is 3. The first-order chi connectivity index (χ1) is 18.5. The van der Waals surface area contributed by atoms with Gasteiger partial charge in [0.25, 0.3) is 0 Å². The monoisotopic (exact) mass is 515 g/mol. The van der Waals surface area contributed by atoms with E-state index in [4.69, 9.17) is 18.6 Å². The molecule has 2 aliphatic rings. The van der Waals surface area contributed by atoms with Gasteiger partial charge in [-0.2, -0.15) is 0 Å². The van der Waals surface area contributed by atoms with E-state index in [1.54, 1.807) is 60.4 Å². The average Bonchev–Trinajstić information content (AvgIpc) is 3.62. The summed E-state index contributed by atoms with van der Waals surface area (Å²) in [6.07, 6.45) is 5.05. The number of fused-ring (bicyclic) bond motifs is 1. The highest BCUT2D eigenvalue weighted by atomic mass is 16.6. The van der Waals surface area contributed by atoms with Crippen LogP contribution in [0, 0.1) is 5.92 Å². The number of nitrogens with zero attached hydrogens (tertiary/aromatic N) is 1. The summed E-state index contributed by atoms with van der Waals surface area (Å²) in [6.45, 7) is 1.91. The van der Waals surface area contributed by atoms with E-state index in [1.807, 2.05) is 36.4 Å². The van der Waals surface area contributed by atoms with E-state index in [0.717, 1.165) is 5.56 Å². The smallest absolute Gasteiger partial charge is 0.411 e. The number of hydrogen-bond donors (Lipinski definition) is 0. The lowest BCUT2D eigenvalue weighted by Crippen LogP contribution is -2.56. The number of amides is 1. The number of carbonyl (C=O) groups is 3. The molecule has 196 valence electrons. The van der Waals surface area contributed by atoms with Crippen LogP contribution in [0.1, 0.15) is 47.5 Å². The zero-order chi connectivity index (χ0) is 26.5. The van der Waals surface area contributed by atoms with Crippen molar-refractivity contribution < 1.29 is 33.0 Å². The summed E-state index contributed by atoms with van der Waals surface area (Å²) in [4.78, 5) is 41.9. The Kier molecular flexibility index (Phi) is 7.31. The Balaban J connectivity index is 1.49. The summed E-state index contributed by atoms with van der Waals surface area (Å²) < 4.78 is 22.9. The van der Waals surface area contributed by atoms with Crippen LogP contribution in [0.4, 0.5) is 4.79 Å². The molecule has 3 aromatic rings. The lowest BCUT2D eigenvalue weighted by molar-refractivity contribution is -0.173. The van der Waals surface area contributed by atoms with Gasteiger partial charge in [0.1, 0.15) is 12.4 Å². The molecule has 4 atom stereocenters. The minimum atomic E-state index is -1.62. The first kappa shape index (κ1) is 25.3. The number of esters is 2. The highest BCUT2D eigenvalue weighted by Crippen LogP contribution is 2.50. The molecule has 1 aromatic heterocycles. The molecule has 1 amide bonds. The number of hydrogen-bond acceptors (Lipinski definition) is 7. The van der Waals surface area contributed by atoms with Crippen LogP contribution in [-0.2, 0) is 25.6 Å². The Hall–Kier alpha value is -4.33. The number of likely N-dealkylation sites (tertiary alicyclic amines) is 1. The molecule has 2 heterocycles. The predicted octanol–water partition coefficient (Wildman–Crippen LogP) is 5.47. The topological polar surface area (TPSA) is 95.3 Å². The highest BCUT2D eigenvalue weighted by Gasteiger charge is 2.61. The third-order valence-electron chi connectivity index (χ3n) is 7.09. The first-order valence-corrected chi connectivity index (χ1v) is 12.7. The molecule has 1 unspecified atom stereocenters. The third-order valence-corrected chi connectivity index (χ3v) is 7.09. The summed E-state index contributed by atoms with van der Waals surface area (Å²) in [5, 5.41) is 0. The van der Waals surface area contributed by atoms with Crippen molar-refractivity contribution >= 4 is 18.0 Å². The second-order valence-corrected chi connectivity index (χ2v) is 9.31. The predicted molar refractivity (Wildman–Crippen MR) is 137 cm³/mol. The van der Waals surface area contributed by atoms with Gasteiger partial charge in [0.05, 0.1) is 30.5 Å². The lowest BCUT2D eigenvalue weighted by atomic mass is 9.75. The zero-order valence-corrected chi connectivity index (χ0v) is 21.0. The molecule has 5 rings (SSSR count). The van der Waals surface area contributed by atoms with Crippen LogP contribution in [0.5, 0.6) is 0 Å². The molecule has 0 saturated carbocycles. The van der Waals surface area contributed by atoms with E-state index in [1.165, 1.54) is 6.26 Å². The van der Waals surface area contributed by atoms with Gasteiger partial charge in [-0.3, -0.25) is 4.90 Å². The molecule has 1 aliphatic carbocycles. The van der Waals surface area contributed by atoms with Gasteiger partial charge in [-0.25, -0.2) is 14.4 Å². The van der Waals surface area contributed by atoms with Crippen LogP contribution in [0.2, 0.25) is 0 Å². The minimum Gasteiger partial charge on any atom is -0.467 e. The molecule has 0 radical (unpaired) electrons. The van der Waals surface area contributed by atoms with Crippen molar-refractivity contribution in [3.63, 3.8) is 0 Å². The van der Waals surface area contributed by atoms with Gasteiger partial charge in [0.15, 0.2) is 0 Å². The third kappa shape index (κ3) is 4.81. The van der Waals surface area contributed by atoms with Crippen molar-refractivity contribution in [1.29, 1.82) is 0 Å². The molecule has 2 aromatic carbocycles. The van der Waals surface area contributed by atoms with Crippen LogP contribution < -0.4 is 0 Å². The van der Waals surface area contributed by atoms with Crippen LogP contribution >= 0.6 is 0 Å². The minimum absolute atomic E-state index is 0.0914. The Morgan fingerprint density at radius 2 is 1.71 bits per heavy atom. The van der Waals surface area contributed by atoms with Crippen molar-refractivity contribution in [3.8, 4) is 0 Å². The van der Waals surface area contributed by atoms with E-state index in [9.17, 15) is 14.4 Å². The van der Waals surface area contributed by atoms with Crippen molar-refractivity contribution in [2.24, 2.45) is 5.92 Å². The van der Waals surface area contributed by atoms with Crippen molar-refractivity contribution in [1.82, 2.24) is 4.90 Å². The molecule has 38 heavy (non-hydrogen) atoms. The van der Waals surface area contributed by atoms with Crippen LogP contribution in [-0.4, -0.2) is 41.2 Å². The fraction of sp³-hybridized carbons (Fsp3) is 0.300. The van der Waals surface area contributed by atoms with E-state index < -0.39 is 41.6 Å². The Bertz CT molecular complexity index is 1290. The van der Waals surface area contributed by atoms with Gasteiger partial charge in [-0.05, 0) is 43.2 Å². The maximum atomic E-state index is 13.5. The lowest BCUT2D eigenvalue weighted by Gasteiger charge is -2.40. The maximum absolute atomic E-state index is 13.5. The van der Waals surface area contributed by atoms with Crippen LogP contribution in [0.15, 0.2) is 95.6 Å². The average molecular weight is 516 g/mol. The molecule has 0 N–H and O–H groups in total. The molecule has 1 saturated heterocycles. The SMILES string of the molecule is CCOC(=O)C1(OC(=O)c2ccccc2)CC=C[C@H]2[C@@H]1C[C@@H](c1ccco1)N2C(=O)OCc1ccccc1. The van der Waals surface area contributed by atoms with Gasteiger partial charge >= 0.3 is 18.0 Å². The van der Waals surface area contributed by atoms with Crippen molar-refractivity contribution in [2.75, 3.05) is 6.61 Å². The normalized spacial score (nSPS) is 23.9. The fourth-order valence-corrected chi connectivity index (χ4v) is 5.34. The highest BCUT2D eigenvalue weighted by molar-refractivity contribution is 5.93. The van der Waals surface area contributed by atoms with Gasteiger partial charge in [-0.15, -0.1) is 0 Å². The Labute approximate surface area is 220 Å². The van der Waals surface area contributed by atoms with Crippen LogP contribution in [0.25, 0.3) is 0 Å². The van der Waals surface area contributed by atoms with Crippen molar-refractivity contribution in [3.05, 3.63) is 108 Å². The molecule has 1 aliphatic heterocycles. The molecule has 0 bridgehead atoms. The van der Waals surface area contributed by atoms with E-state index in [2.05, 4.69) is 0 Å². The van der Waals surface area contributed by atoms with Crippen molar-refractivity contribution in [2.45, 2.75) is 44.1 Å². The summed E-state index contributed by atoms with van der Waals surface area (Å²) in [6, 6.07) is 20.3. The number of rotatable bonds is 7. The van der Waals surface area contributed by atoms with E-state index >= 15 is 0 Å². The second kappa shape index (κ2) is 11.0. The molecule has 0 spiro atoms. The van der Waals surface area contributed by atoms with Crippen LogP contribution in [0.3, 0.4) is 0 Å². The summed E-state index contributed by atoms with van der Waals surface area (Å²) in [7, 11) is 0. The van der Waals surface area contributed by atoms with E-state index in [-0.39, 0.29) is 19.6 Å². The summed E-state index contributed by atoms with van der Waals surface area (Å²) in [5.74, 6) is -1.30. The van der Waals surface area contributed by atoms with Gasteiger partial charge in [0, 0.05) is 12.3 Å². The van der Waals surface area contributed by atoms with Gasteiger partial charge in [-0.1, -0.05) is 60.7 Å². The Morgan fingerprint density at radius 3 is 2.39 bits per heavy atom. The Morgan fingerprint density at radius 1 is 0.974 bits per heavy atom. The molecule has 8 heteroatoms. The summed E-state index contributed by atoms with van der Waals surface area (Å²) >= 11 is 0. The summed E-state index contributed by atoms with van der Waals surface area (Å²) in [5.41, 5.74) is -0.452. The number of furan rings is 1. The zero-order valence-electron chi connectivity index (χ0n) is 21.0. The maximum Gasteiger partial charge on any atom is 0.411 e. The molecule has 8 nitrogen and oxygen atoms in total. The molecular weight excluding hydrogens is 486 g/mol. The van der Waals surface area contributed by atoms with Gasteiger partial charge < -0.3 is 18.6 Å². The largest absolute Gasteiger partial charge is 0.467 e. The molecule has 1 fully saturated rings. The number of carbonyl (C=O) groups excluding carboxylic acids is 3. The standard InChI is InChI=1S/C30H29NO7/c1-2-35-28(33)30(38-27(32)22-13-7-4-8-14-22)17-9-15-24-23(30)19-25(26-16-10-18-36-26)31(24)29(34)37-20-21-11-5-3-6-12-21/h3-16,18,23-25H,2,17,19-20H2,1H3/t23-,24-,25-,30?/m0/s1. The first-order valence-electron chi connectivity index (χ1n) is 12.7. The number of benzene rings is 2. The van der Waals surface area contributed by atoms with Gasteiger partial charge in [0.2, 0.25) is 5.60 Å². The van der Waals surface area contributed by atoms with E-state index in [0.29, 0.717) is 17.7 Å².